The fraction of sp³-hybridized carbons (Fsp3) is 0.222. The molecule has 0 radical (unpaired) electrons. The second kappa shape index (κ2) is 8.57. The van der Waals surface area contributed by atoms with E-state index in [4.69, 9.17) is 9.47 Å². The highest BCUT2D eigenvalue weighted by molar-refractivity contribution is 5.85. The van der Waals surface area contributed by atoms with Crippen molar-refractivity contribution in [2.24, 2.45) is 9.98 Å². The van der Waals surface area contributed by atoms with E-state index >= 15 is 0 Å². The Hall–Kier alpha value is -3.02. The van der Waals surface area contributed by atoms with Crippen LogP contribution in [-0.4, -0.2) is 50.0 Å². The van der Waals surface area contributed by atoms with Gasteiger partial charge in [0.2, 0.25) is 0 Å². The van der Waals surface area contributed by atoms with E-state index in [1.54, 1.807) is 48.8 Å². The Kier molecular flexibility index (Phi) is 6.19. The van der Waals surface area contributed by atoms with E-state index < -0.39 is 0 Å². The molecule has 2 rings (SSSR count). The monoisotopic (exact) mass is 328 g/mol. The number of para-hydroxylation sites is 2. The van der Waals surface area contributed by atoms with Crippen LogP contribution in [0.3, 0.4) is 0 Å². The van der Waals surface area contributed by atoms with E-state index in [1.165, 1.54) is 14.2 Å². The highest BCUT2D eigenvalue weighted by atomic mass is 16.5. The van der Waals surface area contributed by atoms with E-state index in [1.807, 2.05) is 0 Å². The highest BCUT2D eigenvalue weighted by Crippen LogP contribution is 2.28. The first kappa shape index (κ1) is 17.3. The van der Waals surface area contributed by atoms with E-state index in [-0.39, 0.29) is 11.5 Å². The first-order chi connectivity index (χ1) is 11.7. The van der Waals surface area contributed by atoms with Crippen molar-refractivity contribution in [2.75, 3.05) is 27.3 Å². The number of rotatable bonds is 7. The van der Waals surface area contributed by atoms with Crippen LogP contribution in [0.2, 0.25) is 0 Å². The average molecular weight is 328 g/mol. The van der Waals surface area contributed by atoms with Crippen molar-refractivity contribution in [2.45, 2.75) is 0 Å². The van der Waals surface area contributed by atoms with E-state index in [0.717, 1.165) is 0 Å². The van der Waals surface area contributed by atoms with Gasteiger partial charge in [0, 0.05) is 23.6 Å². The van der Waals surface area contributed by atoms with Crippen LogP contribution in [0.15, 0.2) is 46.4 Å². The second-order valence-electron chi connectivity index (χ2n) is 4.87. The van der Waals surface area contributed by atoms with Gasteiger partial charge in [0.15, 0.2) is 23.0 Å². The van der Waals surface area contributed by atoms with Gasteiger partial charge in [-0.15, -0.1) is 0 Å². The smallest absolute Gasteiger partial charge is 0.166 e. The first-order valence-electron chi connectivity index (χ1n) is 7.39. The van der Waals surface area contributed by atoms with Gasteiger partial charge in [-0.3, -0.25) is 9.98 Å². The molecular weight excluding hydrogens is 308 g/mol. The Morgan fingerprint density at radius 1 is 0.792 bits per heavy atom. The van der Waals surface area contributed by atoms with Crippen LogP contribution in [0, 0.1) is 0 Å². The maximum absolute atomic E-state index is 9.93. The standard InChI is InChI=1S/C18H20N2O4/c1-23-15-7-3-5-13(17(15)21)11-19-9-10-20-12-14-6-4-8-16(24-2)18(14)22/h3-8,11-12,21-22H,9-10H2,1-2H3/b19-11-,20-12-. The molecule has 0 spiro atoms. The molecule has 0 unspecified atom stereocenters. The Morgan fingerprint density at radius 3 is 1.58 bits per heavy atom. The predicted octanol–water partition coefficient (Wildman–Crippen LogP) is 2.65. The van der Waals surface area contributed by atoms with Gasteiger partial charge in [-0.1, -0.05) is 12.1 Å². The lowest BCUT2D eigenvalue weighted by Gasteiger charge is -2.05. The third kappa shape index (κ3) is 4.25. The third-order valence-corrected chi connectivity index (χ3v) is 3.32. The summed E-state index contributed by atoms with van der Waals surface area (Å²) >= 11 is 0. The number of phenols is 2. The van der Waals surface area contributed by atoms with Gasteiger partial charge in [0.1, 0.15) is 0 Å². The largest absolute Gasteiger partial charge is 0.504 e. The normalized spacial score (nSPS) is 11.2. The van der Waals surface area contributed by atoms with Crippen molar-refractivity contribution >= 4 is 12.4 Å². The number of methoxy groups -OCH3 is 2. The molecule has 0 aromatic heterocycles. The lowest BCUT2D eigenvalue weighted by molar-refractivity contribution is 0.373. The van der Waals surface area contributed by atoms with Crippen LogP contribution < -0.4 is 9.47 Å². The minimum atomic E-state index is 0.0635. The van der Waals surface area contributed by atoms with E-state index in [0.29, 0.717) is 35.7 Å². The summed E-state index contributed by atoms with van der Waals surface area (Å²) in [6, 6.07) is 10.4. The number of benzene rings is 2. The molecule has 2 aromatic carbocycles. The van der Waals surface area contributed by atoms with Gasteiger partial charge in [0.05, 0.1) is 27.3 Å². The summed E-state index contributed by atoms with van der Waals surface area (Å²) in [5.41, 5.74) is 1.17. The zero-order valence-electron chi connectivity index (χ0n) is 13.6. The summed E-state index contributed by atoms with van der Waals surface area (Å²) < 4.78 is 10.1. The number of hydrogen-bond acceptors (Lipinski definition) is 6. The number of aliphatic imine (C=N–C) groups is 2. The summed E-state index contributed by atoms with van der Waals surface area (Å²) in [6.07, 6.45) is 3.16. The number of hydrogen-bond donors (Lipinski definition) is 2. The van der Waals surface area contributed by atoms with Gasteiger partial charge < -0.3 is 19.7 Å². The molecule has 0 aliphatic heterocycles. The van der Waals surface area contributed by atoms with Crippen molar-refractivity contribution in [3.8, 4) is 23.0 Å². The molecule has 0 heterocycles. The van der Waals surface area contributed by atoms with Crippen LogP contribution in [0.4, 0.5) is 0 Å². The Balaban J connectivity index is 1.91. The average Bonchev–Trinajstić information content (AvgIpc) is 2.60. The molecule has 0 saturated heterocycles. The summed E-state index contributed by atoms with van der Waals surface area (Å²) in [5, 5.41) is 19.9. The summed E-state index contributed by atoms with van der Waals surface area (Å²) in [4.78, 5) is 8.45. The van der Waals surface area contributed by atoms with E-state index in [9.17, 15) is 10.2 Å². The molecule has 0 fully saturated rings. The van der Waals surface area contributed by atoms with Gasteiger partial charge in [-0.2, -0.15) is 0 Å². The van der Waals surface area contributed by atoms with Crippen LogP contribution in [0.5, 0.6) is 23.0 Å². The molecule has 6 nitrogen and oxygen atoms in total. The topological polar surface area (TPSA) is 83.6 Å². The quantitative estimate of drug-likeness (QED) is 0.604. The van der Waals surface area contributed by atoms with Gasteiger partial charge >= 0.3 is 0 Å². The van der Waals surface area contributed by atoms with Crippen molar-refractivity contribution in [3.05, 3.63) is 47.5 Å². The van der Waals surface area contributed by atoms with Crippen molar-refractivity contribution in [1.82, 2.24) is 0 Å². The highest BCUT2D eigenvalue weighted by Gasteiger charge is 2.05. The fourth-order valence-corrected chi connectivity index (χ4v) is 2.06. The fourth-order valence-electron chi connectivity index (χ4n) is 2.06. The number of phenolic OH excluding ortho intramolecular Hbond substituents is 2. The van der Waals surface area contributed by atoms with Gasteiger partial charge in [-0.05, 0) is 24.3 Å². The molecule has 2 N–H and O–H groups in total. The van der Waals surface area contributed by atoms with Gasteiger partial charge in [-0.25, -0.2) is 0 Å². The molecule has 126 valence electrons. The molecule has 0 atom stereocenters. The van der Waals surface area contributed by atoms with E-state index in [2.05, 4.69) is 9.98 Å². The molecule has 0 saturated carbocycles. The van der Waals surface area contributed by atoms with Gasteiger partial charge in [0.25, 0.3) is 0 Å². The Morgan fingerprint density at radius 2 is 1.21 bits per heavy atom. The first-order valence-corrected chi connectivity index (χ1v) is 7.39. The Labute approximate surface area is 140 Å². The zero-order valence-corrected chi connectivity index (χ0v) is 13.6. The summed E-state index contributed by atoms with van der Waals surface area (Å²) in [7, 11) is 3.00. The maximum Gasteiger partial charge on any atom is 0.166 e. The molecule has 0 amide bonds. The molecule has 0 aliphatic carbocycles. The SMILES string of the molecule is COc1cccc(/C=N\CC/N=C\c2cccc(OC)c2O)c1O. The number of ether oxygens (including phenoxy) is 2. The molecule has 0 bridgehead atoms. The Bertz CT molecular complexity index is 678. The maximum atomic E-state index is 9.93. The van der Waals surface area contributed by atoms with Crippen molar-refractivity contribution in [3.63, 3.8) is 0 Å². The molecule has 24 heavy (non-hydrogen) atoms. The summed E-state index contributed by atoms with van der Waals surface area (Å²) in [6.45, 7) is 0.912. The van der Waals surface area contributed by atoms with Crippen LogP contribution in [0.25, 0.3) is 0 Å². The lowest BCUT2D eigenvalue weighted by Crippen LogP contribution is -1.93. The van der Waals surface area contributed by atoms with Crippen molar-refractivity contribution in [1.29, 1.82) is 0 Å². The summed E-state index contributed by atoms with van der Waals surface area (Å²) in [5.74, 6) is 0.943. The second-order valence-corrected chi connectivity index (χ2v) is 4.87. The number of aromatic hydroxyl groups is 2. The number of nitrogens with zero attached hydrogens (tertiary/aromatic N) is 2. The van der Waals surface area contributed by atoms with Crippen LogP contribution in [0.1, 0.15) is 11.1 Å². The molecule has 0 aliphatic rings. The zero-order chi connectivity index (χ0) is 17.4. The minimum absolute atomic E-state index is 0.0635. The molecular formula is C18H20N2O4. The van der Waals surface area contributed by atoms with Crippen molar-refractivity contribution < 1.29 is 19.7 Å². The van der Waals surface area contributed by atoms with Crippen LogP contribution >= 0.6 is 0 Å². The lowest BCUT2D eigenvalue weighted by atomic mass is 10.2. The third-order valence-electron chi connectivity index (χ3n) is 3.32. The molecule has 6 heteroatoms. The predicted molar refractivity (Wildman–Crippen MR) is 94.2 cm³/mol. The minimum Gasteiger partial charge on any atom is -0.504 e. The van der Waals surface area contributed by atoms with Crippen LogP contribution in [-0.2, 0) is 0 Å². The molecule has 2 aromatic rings.